The smallest absolute Gasteiger partial charge is 0.226 e. The summed E-state index contributed by atoms with van der Waals surface area (Å²) in [6.07, 6.45) is 4.19. The molecule has 194 valence electrons. The fourth-order valence-corrected chi connectivity index (χ4v) is 5.64. The van der Waals surface area contributed by atoms with Crippen molar-refractivity contribution in [1.29, 1.82) is 0 Å². The molecule has 1 aliphatic rings. The fraction of sp³-hybridized carbons (Fsp3) is 0.156. The number of fused-ring (bicyclic) bond motifs is 1. The minimum atomic E-state index is -0.160. The van der Waals surface area contributed by atoms with E-state index in [1.165, 1.54) is 10.8 Å². The van der Waals surface area contributed by atoms with Crippen LogP contribution in [0.25, 0.3) is 16.5 Å². The van der Waals surface area contributed by atoms with E-state index in [9.17, 15) is 4.79 Å². The third kappa shape index (κ3) is 5.01. The Balaban J connectivity index is 1.33. The Labute approximate surface area is 233 Å². The van der Waals surface area contributed by atoms with Gasteiger partial charge in [0.15, 0.2) is 5.11 Å². The van der Waals surface area contributed by atoms with E-state index in [1.54, 1.807) is 6.20 Å². The van der Waals surface area contributed by atoms with Crippen LogP contribution in [0.1, 0.15) is 35.5 Å². The van der Waals surface area contributed by atoms with Crippen molar-refractivity contribution in [2.45, 2.75) is 25.4 Å². The molecule has 0 saturated carbocycles. The predicted molar refractivity (Wildman–Crippen MR) is 160 cm³/mol. The van der Waals surface area contributed by atoms with Gasteiger partial charge in [-0.15, -0.1) is 0 Å². The van der Waals surface area contributed by atoms with E-state index in [0.717, 1.165) is 28.3 Å². The molecule has 2 aromatic heterocycles. The Bertz CT molecular complexity index is 1650. The molecule has 6 nitrogen and oxygen atoms in total. The molecule has 1 fully saturated rings. The van der Waals surface area contributed by atoms with E-state index >= 15 is 0 Å². The third-order valence-electron chi connectivity index (χ3n) is 7.29. The van der Waals surface area contributed by atoms with Crippen LogP contribution in [0.5, 0.6) is 0 Å². The molecular formula is C32H29N5OS. The summed E-state index contributed by atoms with van der Waals surface area (Å²) in [5.74, 6) is -0.0444. The predicted octanol–water partition coefficient (Wildman–Crippen LogP) is 6.34. The van der Waals surface area contributed by atoms with Crippen molar-refractivity contribution in [3.8, 4) is 5.69 Å². The maximum atomic E-state index is 13.0. The molecule has 0 radical (unpaired) electrons. The summed E-state index contributed by atoms with van der Waals surface area (Å²) in [5.41, 5.74) is 4.92. The Morgan fingerprint density at radius 2 is 1.74 bits per heavy atom. The number of aromatic nitrogens is 2. The van der Waals surface area contributed by atoms with Crippen molar-refractivity contribution in [1.82, 2.24) is 19.8 Å². The zero-order valence-corrected chi connectivity index (χ0v) is 22.4. The zero-order valence-electron chi connectivity index (χ0n) is 21.6. The van der Waals surface area contributed by atoms with Gasteiger partial charge in [-0.1, -0.05) is 54.6 Å². The lowest BCUT2D eigenvalue weighted by Crippen LogP contribution is -2.33. The molecule has 39 heavy (non-hydrogen) atoms. The first kappa shape index (κ1) is 24.8. The maximum absolute atomic E-state index is 13.0. The van der Waals surface area contributed by atoms with Gasteiger partial charge in [0.05, 0.1) is 17.8 Å². The Morgan fingerprint density at radius 1 is 0.949 bits per heavy atom. The second-order valence-corrected chi connectivity index (χ2v) is 10.2. The van der Waals surface area contributed by atoms with Gasteiger partial charge in [-0.2, -0.15) is 0 Å². The van der Waals surface area contributed by atoms with Crippen molar-refractivity contribution in [3.05, 3.63) is 126 Å². The molecule has 3 heterocycles. The molecule has 1 saturated heterocycles. The number of para-hydroxylation sites is 1. The lowest BCUT2D eigenvalue weighted by atomic mass is 10.0. The number of nitrogens with one attached hydrogen (secondary N) is 2. The lowest BCUT2D eigenvalue weighted by molar-refractivity contribution is -0.116. The molecule has 5 aromatic rings. The first-order valence-electron chi connectivity index (χ1n) is 13.1. The number of pyridine rings is 1. The highest BCUT2D eigenvalue weighted by Crippen LogP contribution is 2.39. The van der Waals surface area contributed by atoms with Crippen molar-refractivity contribution in [3.63, 3.8) is 0 Å². The fourth-order valence-electron chi connectivity index (χ4n) is 5.31. The maximum Gasteiger partial charge on any atom is 0.226 e. The van der Waals surface area contributed by atoms with Crippen LogP contribution >= 0.6 is 12.2 Å². The SMILES string of the molecule is Cc1ccccc1NC(=O)CCN1C(=S)N[C@H](c2ccccn2)[C@@H]1c1cccn1-c1ccc2ccccc2c1. The highest BCUT2D eigenvalue weighted by Gasteiger charge is 2.41. The van der Waals surface area contributed by atoms with Crippen LogP contribution in [0.3, 0.4) is 0 Å². The minimum absolute atomic E-state index is 0.0444. The topological polar surface area (TPSA) is 62.2 Å². The highest BCUT2D eigenvalue weighted by atomic mass is 32.1. The molecular weight excluding hydrogens is 502 g/mol. The van der Waals surface area contributed by atoms with Crippen molar-refractivity contribution in [2.24, 2.45) is 0 Å². The van der Waals surface area contributed by atoms with Gasteiger partial charge in [0, 0.05) is 42.4 Å². The van der Waals surface area contributed by atoms with Crippen molar-refractivity contribution < 1.29 is 4.79 Å². The van der Waals surface area contributed by atoms with Crippen LogP contribution in [0.2, 0.25) is 0 Å². The number of thiocarbonyl (C=S) groups is 1. The summed E-state index contributed by atoms with van der Waals surface area (Å²) in [5, 5.41) is 9.55. The van der Waals surface area contributed by atoms with Gasteiger partial charge in [0.2, 0.25) is 5.91 Å². The molecule has 6 rings (SSSR count). The van der Waals surface area contributed by atoms with Crippen molar-refractivity contribution in [2.75, 3.05) is 11.9 Å². The number of nitrogens with zero attached hydrogens (tertiary/aromatic N) is 3. The van der Waals surface area contributed by atoms with Gasteiger partial charge in [-0.3, -0.25) is 9.78 Å². The molecule has 1 aliphatic heterocycles. The molecule has 3 aromatic carbocycles. The summed E-state index contributed by atoms with van der Waals surface area (Å²) in [6, 6.07) is 32.5. The van der Waals surface area contributed by atoms with Crippen LogP contribution < -0.4 is 10.6 Å². The summed E-state index contributed by atoms with van der Waals surface area (Å²) in [7, 11) is 0. The number of carbonyl (C=O) groups is 1. The van der Waals surface area contributed by atoms with Gasteiger partial charge >= 0.3 is 0 Å². The standard InChI is InChI=1S/C32H29N5OS/c1-22-9-2-5-12-26(22)34-29(38)17-20-37-31(30(35-32(37)39)27-13-6-7-18-33-27)28-14-8-19-36(28)25-16-15-23-10-3-4-11-24(23)21-25/h2-16,18-19,21,30-31H,17,20H2,1H3,(H,34,38)(H,35,39)/t30-,31+/m1/s1. The summed E-state index contributed by atoms with van der Waals surface area (Å²) in [4.78, 5) is 19.7. The molecule has 0 aliphatic carbocycles. The second kappa shape index (κ2) is 10.7. The number of benzene rings is 3. The normalized spacial score (nSPS) is 16.8. The molecule has 0 unspecified atom stereocenters. The van der Waals surface area contributed by atoms with E-state index in [1.807, 2.05) is 49.4 Å². The molecule has 7 heteroatoms. The molecule has 2 atom stereocenters. The van der Waals surface area contributed by atoms with E-state index in [0.29, 0.717) is 18.1 Å². The number of amides is 1. The highest BCUT2D eigenvalue weighted by molar-refractivity contribution is 7.80. The van der Waals surface area contributed by atoms with Crippen LogP contribution in [0.4, 0.5) is 5.69 Å². The van der Waals surface area contributed by atoms with Crippen LogP contribution in [0, 0.1) is 6.92 Å². The largest absolute Gasteiger partial charge is 0.352 e. The van der Waals surface area contributed by atoms with Crippen LogP contribution in [-0.4, -0.2) is 32.0 Å². The van der Waals surface area contributed by atoms with E-state index in [4.69, 9.17) is 12.2 Å². The average molecular weight is 532 g/mol. The minimum Gasteiger partial charge on any atom is -0.352 e. The Morgan fingerprint density at radius 3 is 2.56 bits per heavy atom. The molecule has 1 amide bonds. The number of carbonyl (C=O) groups excluding carboxylic acids is 1. The first-order chi connectivity index (χ1) is 19.1. The lowest BCUT2D eigenvalue weighted by Gasteiger charge is -2.29. The van der Waals surface area contributed by atoms with E-state index in [-0.39, 0.29) is 18.0 Å². The zero-order chi connectivity index (χ0) is 26.8. The summed E-state index contributed by atoms with van der Waals surface area (Å²) < 4.78 is 2.21. The summed E-state index contributed by atoms with van der Waals surface area (Å²) in [6.45, 7) is 2.46. The summed E-state index contributed by atoms with van der Waals surface area (Å²) >= 11 is 5.84. The Kier molecular flexibility index (Phi) is 6.82. The van der Waals surface area contributed by atoms with Gasteiger partial charge in [-0.05, 0) is 77.9 Å². The van der Waals surface area contributed by atoms with Gasteiger partial charge in [-0.25, -0.2) is 0 Å². The van der Waals surface area contributed by atoms with E-state index in [2.05, 4.69) is 85.9 Å². The molecule has 0 bridgehead atoms. The average Bonchev–Trinajstić information content (AvgIpc) is 3.57. The quantitative estimate of drug-likeness (QED) is 0.240. The monoisotopic (exact) mass is 531 g/mol. The second-order valence-electron chi connectivity index (χ2n) is 9.77. The van der Waals surface area contributed by atoms with Crippen LogP contribution in [0.15, 0.2) is 109 Å². The van der Waals surface area contributed by atoms with E-state index < -0.39 is 0 Å². The number of rotatable bonds is 7. The van der Waals surface area contributed by atoms with Gasteiger partial charge < -0.3 is 20.1 Å². The third-order valence-corrected chi connectivity index (χ3v) is 7.64. The van der Waals surface area contributed by atoms with Gasteiger partial charge in [0.1, 0.15) is 0 Å². The van der Waals surface area contributed by atoms with Crippen LogP contribution in [-0.2, 0) is 4.79 Å². The number of hydrogen-bond acceptors (Lipinski definition) is 3. The Hall–Kier alpha value is -4.49. The first-order valence-corrected chi connectivity index (χ1v) is 13.5. The number of aryl methyl sites for hydroxylation is 1. The van der Waals surface area contributed by atoms with Crippen molar-refractivity contribution >= 4 is 39.7 Å². The number of hydrogen-bond donors (Lipinski definition) is 2. The molecule has 0 spiro atoms. The number of anilines is 1. The molecule has 2 N–H and O–H groups in total. The van der Waals surface area contributed by atoms with Gasteiger partial charge in [0.25, 0.3) is 0 Å².